The van der Waals surface area contributed by atoms with Crippen LogP contribution in [0.1, 0.15) is 42.1 Å². The molecule has 0 fully saturated rings. The first kappa shape index (κ1) is 14.7. The van der Waals surface area contributed by atoms with Gasteiger partial charge in [-0.3, -0.25) is 4.79 Å². The zero-order valence-corrected chi connectivity index (χ0v) is 10.1. The fourth-order valence-electron chi connectivity index (χ4n) is 1.62. The molecule has 0 saturated heterocycles. The maximum Gasteiger partial charge on any atom is 0.416 e. The average molecular weight is 259 g/mol. The molecule has 5 heteroatoms. The molecule has 2 nitrogen and oxygen atoms in total. The molecule has 100 valence electrons. The van der Waals surface area contributed by atoms with E-state index in [9.17, 15) is 18.0 Å². The summed E-state index contributed by atoms with van der Waals surface area (Å²) in [6, 6.07) is 3.66. The Morgan fingerprint density at radius 1 is 1.39 bits per heavy atom. The fraction of sp³-hybridized carbons (Fsp3) is 0.462. The summed E-state index contributed by atoms with van der Waals surface area (Å²) in [7, 11) is 0. The summed E-state index contributed by atoms with van der Waals surface area (Å²) in [6.07, 6.45) is -2.27. The second kappa shape index (κ2) is 6.00. The standard InChI is InChI=1S/C13H16F3NO/c1-2-3-7-11(17)12(18)9-5-4-6-10(8-9)13(14,15)16/h4-6,8,11H,2-3,7,17H2,1H3. The van der Waals surface area contributed by atoms with Crippen molar-refractivity contribution in [3.63, 3.8) is 0 Å². The summed E-state index contributed by atoms with van der Waals surface area (Å²) in [4.78, 5) is 11.8. The first-order valence-corrected chi connectivity index (χ1v) is 5.83. The monoisotopic (exact) mass is 259 g/mol. The highest BCUT2D eigenvalue weighted by molar-refractivity contribution is 6.00. The summed E-state index contributed by atoms with van der Waals surface area (Å²) >= 11 is 0. The van der Waals surface area contributed by atoms with Crippen LogP contribution < -0.4 is 5.73 Å². The summed E-state index contributed by atoms with van der Waals surface area (Å²) < 4.78 is 37.5. The first-order valence-electron chi connectivity index (χ1n) is 5.83. The third-order valence-corrected chi connectivity index (χ3v) is 2.68. The minimum atomic E-state index is -4.44. The Bertz CT molecular complexity index is 415. The fourth-order valence-corrected chi connectivity index (χ4v) is 1.62. The highest BCUT2D eigenvalue weighted by Crippen LogP contribution is 2.29. The van der Waals surface area contributed by atoms with Gasteiger partial charge in [0.2, 0.25) is 0 Å². The number of benzene rings is 1. The topological polar surface area (TPSA) is 43.1 Å². The highest BCUT2D eigenvalue weighted by Gasteiger charge is 2.31. The van der Waals surface area contributed by atoms with E-state index in [1.54, 1.807) is 0 Å². The zero-order valence-electron chi connectivity index (χ0n) is 10.1. The number of alkyl halides is 3. The van der Waals surface area contributed by atoms with Crippen LogP contribution in [0.2, 0.25) is 0 Å². The Labute approximate surface area is 104 Å². The molecule has 0 aliphatic carbocycles. The lowest BCUT2D eigenvalue weighted by molar-refractivity contribution is -0.137. The maximum atomic E-state index is 12.5. The average Bonchev–Trinajstić information content (AvgIpc) is 2.34. The van der Waals surface area contributed by atoms with Gasteiger partial charge in [0.1, 0.15) is 0 Å². The molecular formula is C13H16F3NO. The molecule has 0 heterocycles. The molecule has 1 rings (SSSR count). The van der Waals surface area contributed by atoms with E-state index in [2.05, 4.69) is 0 Å². The van der Waals surface area contributed by atoms with E-state index < -0.39 is 23.6 Å². The van der Waals surface area contributed by atoms with Gasteiger partial charge in [0, 0.05) is 5.56 Å². The predicted molar refractivity (Wildman–Crippen MR) is 63.3 cm³/mol. The van der Waals surface area contributed by atoms with Crippen LogP contribution in [0.25, 0.3) is 0 Å². The molecular weight excluding hydrogens is 243 g/mol. The third-order valence-electron chi connectivity index (χ3n) is 2.68. The SMILES string of the molecule is CCCCC(N)C(=O)c1cccc(C(F)(F)F)c1. The number of nitrogens with two attached hydrogens (primary N) is 1. The van der Waals surface area contributed by atoms with Crippen LogP contribution in [-0.4, -0.2) is 11.8 Å². The number of rotatable bonds is 5. The minimum absolute atomic E-state index is 0.0217. The van der Waals surface area contributed by atoms with Crippen molar-refractivity contribution in [1.29, 1.82) is 0 Å². The van der Waals surface area contributed by atoms with Crippen molar-refractivity contribution in [2.75, 3.05) is 0 Å². The minimum Gasteiger partial charge on any atom is -0.321 e. The van der Waals surface area contributed by atoms with Gasteiger partial charge in [0.15, 0.2) is 5.78 Å². The van der Waals surface area contributed by atoms with Crippen molar-refractivity contribution in [2.24, 2.45) is 5.73 Å². The van der Waals surface area contributed by atoms with E-state index in [0.29, 0.717) is 6.42 Å². The van der Waals surface area contributed by atoms with Gasteiger partial charge in [-0.2, -0.15) is 13.2 Å². The third kappa shape index (κ3) is 3.84. The highest BCUT2D eigenvalue weighted by atomic mass is 19.4. The van der Waals surface area contributed by atoms with E-state index >= 15 is 0 Å². The van der Waals surface area contributed by atoms with Gasteiger partial charge >= 0.3 is 6.18 Å². The molecule has 1 aromatic carbocycles. The Hall–Kier alpha value is -1.36. The molecule has 18 heavy (non-hydrogen) atoms. The lowest BCUT2D eigenvalue weighted by Gasteiger charge is -2.12. The smallest absolute Gasteiger partial charge is 0.321 e. The molecule has 1 unspecified atom stereocenters. The number of hydrogen-bond donors (Lipinski definition) is 1. The van der Waals surface area contributed by atoms with E-state index in [1.165, 1.54) is 12.1 Å². The number of unbranched alkanes of at least 4 members (excludes halogenated alkanes) is 1. The number of Topliss-reactive ketones (excluding diaryl/α,β-unsaturated/α-hetero) is 1. The second-order valence-corrected chi connectivity index (χ2v) is 4.19. The number of carbonyl (C=O) groups excluding carboxylic acids is 1. The molecule has 0 aromatic heterocycles. The number of hydrogen-bond acceptors (Lipinski definition) is 2. The molecule has 0 bridgehead atoms. The van der Waals surface area contributed by atoms with Crippen LogP contribution in [0.5, 0.6) is 0 Å². The van der Waals surface area contributed by atoms with Crippen molar-refractivity contribution in [3.05, 3.63) is 35.4 Å². The van der Waals surface area contributed by atoms with Crippen molar-refractivity contribution in [1.82, 2.24) is 0 Å². The van der Waals surface area contributed by atoms with Crippen molar-refractivity contribution in [2.45, 2.75) is 38.4 Å². The van der Waals surface area contributed by atoms with E-state index in [1.807, 2.05) is 6.92 Å². The van der Waals surface area contributed by atoms with Gasteiger partial charge in [0.25, 0.3) is 0 Å². The Morgan fingerprint density at radius 2 is 2.06 bits per heavy atom. The molecule has 0 saturated carbocycles. The van der Waals surface area contributed by atoms with E-state index in [0.717, 1.165) is 25.0 Å². The predicted octanol–water partition coefficient (Wildman–Crippen LogP) is 3.41. The van der Waals surface area contributed by atoms with Gasteiger partial charge in [-0.25, -0.2) is 0 Å². The van der Waals surface area contributed by atoms with Crippen LogP contribution in [0.15, 0.2) is 24.3 Å². The van der Waals surface area contributed by atoms with E-state index in [4.69, 9.17) is 5.73 Å². The molecule has 0 aliphatic heterocycles. The summed E-state index contributed by atoms with van der Waals surface area (Å²) in [5.41, 5.74) is 4.86. The van der Waals surface area contributed by atoms with Gasteiger partial charge < -0.3 is 5.73 Å². The van der Waals surface area contributed by atoms with Crippen LogP contribution in [0.4, 0.5) is 13.2 Å². The van der Waals surface area contributed by atoms with Gasteiger partial charge in [-0.05, 0) is 18.6 Å². The Kier molecular flexibility index (Phi) is 4.90. The number of halogens is 3. The summed E-state index contributed by atoms with van der Waals surface area (Å²) in [6.45, 7) is 1.96. The van der Waals surface area contributed by atoms with Gasteiger partial charge in [-0.1, -0.05) is 31.9 Å². The van der Waals surface area contributed by atoms with Crippen molar-refractivity contribution < 1.29 is 18.0 Å². The van der Waals surface area contributed by atoms with E-state index in [-0.39, 0.29) is 5.56 Å². The summed E-state index contributed by atoms with van der Waals surface area (Å²) in [5.74, 6) is -0.436. The molecule has 0 radical (unpaired) electrons. The maximum absolute atomic E-state index is 12.5. The van der Waals surface area contributed by atoms with Crippen LogP contribution in [-0.2, 0) is 6.18 Å². The quantitative estimate of drug-likeness (QED) is 0.823. The number of carbonyl (C=O) groups is 1. The van der Waals surface area contributed by atoms with Crippen molar-refractivity contribution >= 4 is 5.78 Å². The van der Waals surface area contributed by atoms with Gasteiger partial charge in [0.05, 0.1) is 11.6 Å². The lowest BCUT2D eigenvalue weighted by atomic mass is 9.99. The van der Waals surface area contributed by atoms with Crippen LogP contribution >= 0.6 is 0 Å². The number of ketones is 1. The second-order valence-electron chi connectivity index (χ2n) is 4.19. The molecule has 2 N–H and O–H groups in total. The van der Waals surface area contributed by atoms with Crippen LogP contribution in [0.3, 0.4) is 0 Å². The Morgan fingerprint density at radius 3 is 2.61 bits per heavy atom. The Balaban J connectivity index is 2.87. The molecule has 0 aliphatic rings. The van der Waals surface area contributed by atoms with Gasteiger partial charge in [-0.15, -0.1) is 0 Å². The molecule has 0 spiro atoms. The normalized spacial score (nSPS) is 13.4. The lowest BCUT2D eigenvalue weighted by Crippen LogP contribution is -2.30. The zero-order chi connectivity index (χ0) is 13.8. The molecule has 0 amide bonds. The summed E-state index contributed by atoms with van der Waals surface area (Å²) in [5, 5.41) is 0. The largest absolute Gasteiger partial charge is 0.416 e. The van der Waals surface area contributed by atoms with Crippen molar-refractivity contribution in [3.8, 4) is 0 Å². The van der Waals surface area contributed by atoms with Crippen LogP contribution in [0, 0.1) is 0 Å². The molecule has 1 atom stereocenters. The molecule has 1 aromatic rings. The first-order chi connectivity index (χ1) is 8.36.